The Morgan fingerprint density at radius 3 is 2.62 bits per heavy atom. The number of nitrogens with one attached hydrogen (secondary N) is 1. The number of ketones is 1. The highest BCUT2D eigenvalue weighted by Gasteiger charge is 2.31. The zero-order chi connectivity index (χ0) is 24.6. The van der Waals surface area contributed by atoms with Gasteiger partial charge in [-0.25, -0.2) is 22.2 Å². The molecule has 8 nitrogen and oxygen atoms in total. The van der Waals surface area contributed by atoms with E-state index in [-0.39, 0.29) is 42.5 Å². The number of methoxy groups -OCH3 is 1. The molecule has 0 unspecified atom stereocenters. The highest BCUT2D eigenvalue weighted by atomic mass is 32.2. The van der Waals surface area contributed by atoms with Crippen molar-refractivity contribution < 1.29 is 26.7 Å². The van der Waals surface area contributed by atoms with Gasteiger partial charge < -0.3 is 10.1 Å². The molecule has 1 aliphatic carbocycles. The van der Waals surface area contributed by atoms with E-state index in [1.165, 1.54) is 14.2 Å². The van der Waals surface area contributed by atoms with E-state index in [0.717, 1.165) is 29.0 Å². The first-order chi connectivity index (χ1) is 16.1. The number of fused-ring (bicyclic) bond motifs is 1. The maximum atomic E-state index is 13.4. The standard InChI is InChI=1S/C23H26F2N4O4S/c1-29(34(3,31)32)20-8-13(12-33-2)4-7-16(20)27-17-9-15(10-21(30)14-5-6-14)26-18-11-19(23(24)25)28-22(17)18/h4,7-9,14,23H,5-6,10-12H2,1-3H3,(H,26,27). The predicted octanol–water partition coefficient (Wildman–Crippen LogP) is 3.78. The average Bonchev–Trinajstić information content (AvgIpc) is 3.53. The number of halogens is 2. The molecule has 1 aromatic carbocycles. The van der Waals surface area contributed by atoms with Gasteiger partial charge in [0.15, 0.2) is 0 Å². The third-order valence-electron chi connectivity index (χ3n) is 5.84. The Morgan fingerprint density at radius 1 is 1.26 bits per heavy atom. The molecule has 0 radical (unpaired) electrons. The molecule has 2 aromatic rings. The Balaban J connectivity index is 1.76. The Morgan fingerprint density at radius 2 is 2.00 bits per heavy atom. The van der Waals surface area contributed by atoms with Gasteiger partial charge in [-0.15, -0.1) is 0 Å². The van der Waals surface area contributed by atoms with Crippen LogP contribution in [-0.4, -0.2) is 51.7 Å². The number of anilines is 3. The molecule has 34 heavy (non-hydrogen) atoms. The van der Waals surface area contributed by atoms with Crippen LogP contribution in [0.15, 0.2) is 29.3 Å². The van der Waals surface area contributed by atoms with Gasteiger partial charge in [0.2, 0.25) is 10.0 Å². The van der Waals surface area contributed by atoms with Gasteiger partial charge in [0.1, 0.15) is 11.5 Å². The van der Waals surface area contributed by atoms with Crippen LogP contribution < -0.4 is 9.62 Å². The van der Waals surface area contributed by atoms with Crippen LogP contribution in [0.4, 0.5) is 31.5 Å². The number of aromatic nitrogens is 1. The maximum absolute atomic E-state index is 13.4. The van der Waals surface area contributed by atoms with Gasteiger partial charge in [0.25, 0.3) is 6.43 Å². The number of pyridine rings is 1. The SMILES string of the molecule is COCc1ccc(Nc2cc(CC(=O)C3CC3)nc3c2N=C(C(F)F)C3)c(N(C)S(C)(=O)=O)c1. The zero-order valence-electron chi connectivity index (χ0n) is 19.1. The van der Waals surface area contributed by atoms with E-state index in [2.05, 4.69) is 15.3 Å². The van der Waals surface area contributed by atoms with Crippen molar-refractivity contribution in [3.8, 4) is 0 Å². The first-order valence-corrected chi connectivity index (χ1v) is 12.7. The summed E-state index contributed by atoms with van der Waals surface area (Å²) in [6.45, 7) is 0.283. The van der Waals surface area contributed by atoms with Gasteiger partial charge in [-0.2, -0.15) is 0 Å². The fourth-order valence-corrected chi connectivity index (χ4v) is 4.32. The second-order valence-electron chi connectivity index (χ2n) is 8.59. The fraction of sp³-hybridized carbons (Fsp3) is 0.435. The number of sulfonamides is 1. The van der Waals surface area contributed by atoms with E-state index >= 15 is 0 Å². The Hall–Kier alpha value is -2.92. The van der Waals surface area contributed by atoms with Crippen molar-refractivity contribution in [1.82, 2.24) is 4.98 Å². The summed E-state index contributed by atoms with van der Waals surface area (Å²) < 4.78 is 57.6. The molecule has 1 aliphatic heterocycles. The lowest BCUT2D eigenvalue weighted by molar-refractivity contribution is -0.119. The van der Waals surface area contributed by atoms with Crippen molar-refractivity contribution in [2.45, 2.75) is 38.7 Å². The van der Waals surface area contributed by atoms with E-state index in [9.17, 15) is 22.0 Å². The average molecular weight is 493 g/mol. The first kappa shape index (κ1) is 24.2. The normalized spacial score (nSPS) is 15.3. The van der Waals surface area contributed by atoms with Crippen LogP contribution in [0.3, 0.4) is 0 Å². The largest absolute Gasteiger partial charge is 0.380 e. The van der Waals surface area contributed by atoms with Crippen molar-refractivity contribution >= 4 is 44.3 Å². The summed E-state index contributed by atoms with van der Waals surface area (Å²) in [5.74, 6) is 0.121. The molecule has 0 amide bonds. The summed E-state index contributed by atoms with van der Waals surface area (Å²) >= 11 is 0. The van der Waals surface area contributed by atoms with Crippen molar-refractivity contribution in [1.29, 1.82) is 0 Å². The van der Waals surface area contributed by atoms with E-state index in [1.54, 1.807) is 24.3 Å². The van der Waals surface area contributed by atoms with Crippen LogP contribution in [0.25, 0.3) is 0 Å². The number of nitrogens with zero attached hydrogens (tertiary/aromatic N) is 3. The second kappa shape index (κ2) is 9.38. The van der Waals surface area contributed by atoms with E-state index in [4.69, 9.17) is 4.74 Å². The van der Waals surface area contributed by atoms with Crippen LogP contribution in [0.5, 0.6) is 0 Å². The van der Waals surface area contributed by atoms with Gasteiger partial charge in [0.05, 0.1) is 47.0 Å². The van der Waals surface area contributed by atoms with Crippen LogP contribution in [-0.2, 0) is 39.0 Å². The number of Topliss-reactive ketones (excluding diaryl/α,β-unsaturated/α-hetero) is 1. The predicted molar refractivity (Wildman–Crippen MR) is 126 cm³/mol. The molecule has 11 heteroatoms. The van der Waals surface area contributed by atoms with Crippen molar-refractivity contribution in [3.63, 3.8) is 0 Å². The lowest BCUT2D eigenvalue weighted by atomic mass is 10.1. The number of carbonyl (C=O) groups is 1. The molecule has 2 aliphatic rings. The minimum absolute atomic E-state index is 0.0441. The number of ether oxygens (including phenoxy) is 1. The third-order valence-corrected chi connectivity index (χ3v) is 7.03. The molecule has 0 saturated heterocycles. The highest BCUT2D eigenvalue weighted by Crippen LogP contribution is 2.40. The molecule has 2 heterocycles. The highest BCUT2D eigenvalue weighted by molar-refractivity contribution is 7.92. The molecule has 1 saturated carbocycles. The number of benzene rings is 1. The summed E-state index contributed by atoms with van der Waals surface area (Å²) in [4.78, 5) is 20.9. The van der Waals surface area contributed by atoms with Crippen LogP contribution in [0.1, 0.15) is 29.8 Å². The summed E-state index contributed by atoms with van der Waals surface area (Å²) in [6, 6.07) is 6.78. The summed E-state index contributed by atoms with van der Waals surface area (Å²) in [5.41, 5.74) is 2.75. The molecule has 0 bridgehead atoms. The van der Waals surface area contributed by atoms with Gasteiger partial charge in [0, 0.05) is 32.9 Å². The topological polar surface area (TPSA) is 101 Å². The lowest BCUT2D eigenvalue weighted by Crippen LogP contribution is -2.25. The first-order valence-electron chi connectivity index (χ1n) is 10.8. The van der Waals surface area contributed by atoms with Crippen LogP contribution in [0, 0.1) is 5.92 Å². The number of aliphatic imine (C=N–C) groups is 1. The number of hydrogen-bond donors (Lipinski definition) is 1. The molecule has 1 N–H and O–H groups in total. The number of hydrogen-bond acceptors (Lipinski definition) is 7. The molecule has 0 spiro atoms. The summed E-state index contributed by atoms with van der Waals surface area (Å²) in [6.07, 6.45) is 0.101. The zero-order valence-corrected chi connectivity index (χ0v) is 20.0. The number of rotatable bonds is 10. The summed E-state index contributed by atoms with van der Waals surface area (Å²) in [5, 5.41) is 3.16. The Labute approximate surface area is 197 Å². The lowest BCUT2D eigenvalue weighted by Gasteiger charge is -2.22. The van der Waals surface area contributed by atoms with Gasteiger partial charge in [-0.05, 0) is 36.6 Å². The van der Waals surface area contributed by atoms with E-state index in [0.29, 0.717) is 28.5 Å². The quantitative estimate of drug-likeness (QED) is 0.542. The smallest absolute Gasteiger partial charge is 0.277 e. The van der Waals surface area contributed by atoms with Gasteiger partial charge >= 0.3 is 0 Å². The van der Waals surface area contributed by atoms with Crippen molar-refractivity contribution in [2.75, 3.05) is 30.0 Å². The second-order valence-corrected chi connectivity index (χ2v) is 10.6. The van der Waals surface area contributed by atoms with Gasteiger partial charge in [-0.1, -0.05) is 6.07 Å². The van der Waals surface area contributed by atoms with Gasteiger partial charge in [-0.3, -0.25) is 14.1 Å². The summed E-state index contributed by atoms with van der Waals surface area (Å²) in [7, 11) is -0.628. The maximum Gasteiger partial charge on any atom is 0.277 e. The Bertz CT molecular complexity index is 1260. The third kappa shape index (κ3) is 5.25. The minimum atomic E-state index is -3.59. The molecular weight excluding hydrogens is 466 g/mol. The molecule has 1 aromatic heterocycles. The molecular formula is C23H26F2N4O4S. The molecule has 0 atom stereocenters. The van der Waals surface area contributed by atoms with Crippen LogP contribution >= 0.6 is 0 Å². The van der Waals surface area contributed by atoms with Crippen molar-refractivity contribution in [3.05, 3.63) is 41.2 Å². The van der Waals surface area contributed by atoms with Crippen LogP contribution in [0.2, 0.25) is 0 Å². The van der Waals surface area contributed by atoms with Crippen molar-refractivity contribution in [2.24, 2.45) is 10.9 Å². The fourth-order valence-electron chi connectivity index (χ4n) is 3.82. The number of alkyl halides is 2. The molecule has 1 fully saturated rings. The minimum Gasteiger partial charge on any atom is -0.380 e. The molecule has 182 valence electrons. The van der Waals surface area contributed by atoms with E-state index in [1.807, 2.05) is 0 Å². The molecule has 4 rings (SSSR count). The van der Waals surface area contributed by atoms with E-state index < -0.39 is 16.4 Å². The number of carbonyl (C=O) groups excluding carboxylic acids is 1. The monoisotopic (exact) mass is 492 g/mol. The Kier molecular flexibility index (Phi) is 6.68.